The van der Waals surface area contributed by atoms with E-state index in [0.29, 0.717) is 6.04 Å². The third-order valence-corrected chi connectivity index (χ3v) is 3.51. The number of halogens is 1. The highest BCUT2D eigenvalue weighted by Gasteiger charge is 2.07. The van der Waals surface area contributed by atoms with Crippen LogP contribution in [0.2, 0.25) is 0 Å². The first-order chi connectivity index (χ1) is 8.26. The quantitative estimate of drug-likeness (QED) is 0.435. The summed E-state index contributed by atoms with van der Waals surface area (Å²) in [5.41, 5.74) is 4.26. The van der Waals surface area contributed by atoms with Crippen LogP contribution in [-0.4, -0.2) is 6.04 Å². The van der Waals surface area contributed by atoms with E-state index in [0.717, 1.165) is 17.3 Å². The van der Waals surface area contributed by atoms with Crippen LogP contribution < -0.4 is 11.3 Å². The molecule has 0 aliphatic carbocycles. The van der Waals surface area contributed by atoms with Crippen molar-refractivity contribution in [1.82, 2.24) is 5.43 Å². The second-order valence-electron chi connectivity index (χ2n) is 4.55. The molecule has 0 radical (unpaired) electrons. The lowest BCUT2D eigenvalue weighted by molar-refractivity contribution is 0.463. The molecule has 17 heavy (non-hydrogen) atoms. The van der Waals surface area contributed by atoms with E-state index in [1.807, 2.05) is 0 Å². The lowest BCUT2D eigenvalue weighted by atomic mass is 10.0. The molecule has 0 bridgehead atoms. The van der Waals surface area contributed by atoms with E-state index in [1.54, 1.807) is 0 Å². The maximum atomic E-state index is 5.61. The van der Waals surface area contributed by atoms with Crippen molar-refractivity contribution in [3.8, 4) is 0 Å². The fourth-order valence-electron chi connectivity index (χ4n) is 2.01. The maximum Gasteiger partial charge on any atom is 0.0250 e. The van der Waals surface area contributed by atoms with Crippen molar-refractivity contribution >= 4 is 15.9 Å². The van der Waals surface area contributed by atoms with Crippen molar-refractivity contribution < 1.29 is 0 Å². The van der Waals surface area contributed by atoms with Crippen LogP contribution >= 0.6 is 15.9 Å². The molecule has 96 valence electrons. The maximum absolute atomic E-state index is 5.61. The summed E-state index contributed by atoms with van der Waals surface area (Å²) < 4.78 is 1.14. The highest BCUT2D eigenvalue weighted by atomic mass is 79.9. The lowest BCUT2D eigenvalue weighted by Gasteiger charge is -2.15. The molecule has 0 amide bonds. The Balaban J connectivity index is 2.35. The molecule has 0 aromatic heterocycles. The average Bonchev–Trinajstić information content (AvgIpc) is 2.33. The van der Waals surface area contributed by atoms with Gasteiger partial charge in [0.2, 0.25) is 0 Å². The SMILES string of the molecule is CCCCCCC(Cc1cccc(Br)c1)NN. The molecule has 3 N–H and O–H groups in total. The highest BCUT2D eigenvalue weighted by molar-refractivity contribution is 9.10. The van der Waals surface area contributed by atoms with Crippen LogP contribution in [0.3, 0.4) is 0 Å². The fourth-order valence-corrected chi connectivity index (χ4v) is 2.46. The van der Waals surface area contributed by atoms with Crippen molar-refractivity contribution in [2.75, 3.05) is 0 Å². The first kappa shape index (κ1) is 14.7. The Hall–Kier alpha value is -0.380. The van der Waals surface area contributed by atoms with Gasteiger partial charge in [0.15, 0.2) is 0 Å². The third-order valence-electron chi connectivity index (χ3n) is 3.01. The summed E-state index contributed by atoms with van der Waals surface area (Å²) in [5.74, 6) is 5.61. The van der Waals surface area contributed by atoms with Crippen LogP contribution in [0.1, 0.15) is 44.6 Å². The van der Waals surface area contributed by atoms with E-state index in [-0.39, 0.29) is 0 Å². The van der Waals surface area contributed by atoms with E-state index in [9.17, 15) is 0 Å². The van der Waals surface area contributed by atoms with Crippen molar-refractivity contribution in [2.24, 2.45) is 5.84 Å². The smallest absolute Gasteiger partial charge is 0.0250 e. The molecule has 1 rings (SSSR count). The molecular weight excluding hydrogens is 276 g/mol. The summed E-state index contributed by atoms with van der Waals surface area (Å²) in [6.07, 6.45) is 7.34. The molecule has 2 nitrogen and oxygen atoms in total. The van der Waals surface area contributed by atoms with Crippen molar-refractivity contribution in [2.45, 2.75) is 51.5 Å². The molecule has 0 fully saturated rings. The molecule has 1 atom stereocenters. The second-order valence-corrected chi connectivity index (χ2v) is 5.46. The normalized spacial score (nSPS) is 12.6. The van der Waals surface area contributed by atoms with Crippen LogP contribution in [0.25, 0.3) is 0 Å². The topological polar surface area (TPSA) is 38.0 Å². The molecule has 1 unspecified atom stereocenters. The summed E-state index contributed by atoms with van der Waals surface area (Å²) >= 11 is 3.50. The largest absolute Gasteiger partial charge is 0.271 e. The summed E-state index contributed by atoms with van der Waals surface area (Å²) in [5, 5.41) is 0. The van der Waals surface area contributed by atoms with E-state index in [1.165, 1.54) is 31.2 Å². The Labute approximate surface area is 113 Å². The van der Waals surface area contributed by atoms with E-state index < -0.39 is 0 Å². The minimum atomic E-state index is 0.390. The van der Waals surface area contributed by atoms with Crippen molar-refractivity contribution in [3.05, 3.63) is 34.3 Å². The van der Waals surface area contributed by atoms with Crippen LogP contribution in [0.15, 0.2) is 28.7 Å². The highest BCUT2D eigenvalue weighted by Crippen LogP contribution is 2.15. The van der Waals surface area contributed by atoms with E-state index >= 15 is 0 Å². The number of hydrogen-bond acceptors (Lipinski definition) is 2. The lowest BCUT2D eigenvalue weighted by Crippen LogP contribution is -2.36. The summed E-state index contributed by atoms with van der Waals surface area (Å²) in [6.45, 7) is 2.24. The van der Waals surface area contributed by atoms with E-state index in [2.05, 4.69) is 52.5 Å². The Kier molecular flexibility index (Phi) is 7.49. The number of nitrogens with one attached hydrogen (secondary N) is 1. The van der Waals surface area contributed by atoms with Gasteiger partial charge in [-0.25, -0.2) is 0 Å². The minimum absolute atomic E-state index is 0.390. The Morgan fingerprint density at radius 1 is 1.29 bits per heavy atom. The van der Waals surface area contributed by atoms with Gasteiger partial charge >= 0.3 is 0 Å². The number of rotatable bonds is 8. The molecule has 0 heterocycles. The summed E-state index contributed by atoms with van der Waals surface area (Å²) in [4.78, 5) is 0. The molecule has 0 saturated heterocycles. The van der Waals surface area contributed by atoms with Crippen molar-refractivity contribution in [1.29, 1.82) is 0 Å². The average molecular weight is 299 g/mol. The van der Waals surface area contributed by atoms with Gasteiger partial charge in [-0.15, -0.1) is 0 Å². The minimum Gasteiger partial charge on any atom is -0.271 e. The van der Waals surface area contributed by atoms with Crippen LogP contribution in [-0.2, 0) is 6.42 Å². The Morgan fingerprint density at radius 3 is 2.76 bits per heavy atom. The summed E-state index contributed by atoms with van der Waals surface area (Å²) in [7, 11) is 0. The van der Waals surface area contributed by atoms with Gasteiger partial charge in [-0.3, -0.25) is 11.3 Å². The standard InChI is InChI=1S/C14H23BrN2/c1-2-3-4-5-9-14(17-16)11-12-7-6-8-13(15)10-12/h6-8,10,14,17H,2-5,9,11,16H2,1H3. The monoisotopic (exact) mass is 298 g/mol. The van der Waals surface area contributed by atoms with Crippen LogP contribution in [0.5, 0.6) is 0 Å². The van der Waals surface area contributed by atoms with Gasteiger partial charge in [0, 0.05) is 10.5 Å². The molecule has 0 aliphatic rings. The van der Waals surface area contributed by atoms with E-state index in [4.69, 9.17) is 5.84 Å². The summed E-state index contributed by atoms with van der Waals surface area (Å²) in [6, 6.07) is 8.83. The van der Waals surface area contributed by atoms with Crippen molar-refractivity contribution in [3.63, 3.8) is 0 Å². The first-order valence-electron chi connectivity index (χ1n) is 6.46. The van der Waals surface area contributed by atoms with Crippen LogP contribution in [0.4, 0.5) is 0 Å². The van der Waals surface area contributed by atoms with Gasteiger partial charge < -0.3 is 0 Å². The molecule has 0 spiro atoms. The zero-order valence-corrected chi connectivity index (χ0v) is 12.2. The molecule has 1 aromatic carbocycles. The molecule has 0 saturated carbocycles. The number of hydrazine groups is 1. The number of unbranched alkanes of at least 4 members (excludes halogenated alkanes) is 3. The zero-order chi connectivity index (χ0) is 12.5. The first-order valence-corrected chi connectivity index (χ1v) is 7.26. The predicted octanol–water partition coefficient (Wildman–Crippen LogP) is 3.79. The van der Waals surface area contributed by atoms with Gasteiger partial charge in [0.1, 0.15) is 0 Å². The third kappa shape index (κ3) is 6.20. The zero-order valence-electron chi connectivity index (χ0n) is 10.6. The second kappa shape index (κ2) is 8.67. The number of hydrogen-bond donors (Lipinski definition) is 2. The molecule has 3 heteroatoms. The fraction of sp³-hybridized carbons (Fsp3) is 0.571. The predicted molar refractivity (Wildman–Crippen MR) is 77.7 cm³/mol. The van der Waals surface area contributed by atoms with Gasteiger partial charge in [0.05, 0.1) is 0 Å². The molecule has 1 aromatic rings. The molecular formula is C14H23BrN2. The Morgan fingerprint density at radius 2 is 2.12 bits per heavy atom. The van der Waals surface area contributed by atoms with Crippen LogP contribution in [0, 0.1) is 0 Å². The number of benzene rings is 1. The molecule has 0 aliphatic heterocycles. The van der Waals surface area contributed by atoms with Gasteiger partial charge in [-0.1, -0.05) is 60.7 Å². The Bertz CT molecular complexity index is 315. The van der Waals surface area contributed by atoms with Gasteiger partial charge in [-0.2, -0.15) is 0 Å². The number of nitrogens with two attached hydrogens (primary N) is 1. The van der Waals surface area contributed by atoms with Gasteiger partial charge in [-0.05, 0) is 30.5 Å². The van der Waals surface area contributed by atoms with Gasteiger partial charge in [0.25, 0.3) is 0 Å².